The van der Waals surface area contributed by atoms with Gasteiger partial charge in [-0.2, -0.15) is 4.98 Å². The van der Waals surface area contributed by atoms with E-state index in [0.29, 0.717) is 4.47 Å². The van der Waals surface area contributed by atoms with Gasteiger partial charge in [0.2, 0.25) is 5.28 Å². The molecule has 1 heterocycles. The van der Waals surface area contributed by atoms with Crippen molar-refractivity contribution in [3.63, 3.8) is 0 Å². The van der Waals surface area contributed by atoms with Gasteiger partial charge in [0.15, 0.2) is 11.6 Å². The SMILES string of the molecule is Cc1nc(Cl)nc(Oc2ccc(Br)cc2F)c1[N+](=O)[O-]. The molecule has 6 nitrogen and oxygen atoms in total. The number of nitro groups is 1. The van der Waals surface area contributed by atoms with Gasteiger partial charge < -0.3 is 4.74 Å². The Balaban J connectivity index is 2.50. The maximum Gasteiger partial charge on any atom is 0.352 e. The predicted molar refractivity (Wildman–Crippen MR) is 72.6 cm³/mol. The number of benzene rings is 1. The van der Waals surface area contributed by atoms with Crippen LogP contribution in [0.25, 0.3) is 0 Å². The van der Waals surface area contributed by atoms with Crippen LogP contribution in [-0.2, 0) is 0 Å². The third-order valence-corrected chi connectivity index (χ3v) is 2.94. The summed E-state index contributed by atoms with van der Waals surface area (Å²) in [6.45, 7) is 1.39. The largest absolute Gasteiger partial charge is 0.430 e. The van der Waals surface area contributed by atoms with Gasteiger partial charge in [-0.05, 0) is 36.7 Å². The second kappa shape index (κ2) is 5.68. The van der Waals surface area contributed by atoms with E-state index in [9.17, 15) is 14.5 Å². The zero-order valence-corrected chi connectivity index (χ0v) is 12.3. The minimum atomic E-state index is -0.711. The summed E-state index contributed by atoms with van der Waals surface area (Å²) in [7, 11) is 0. The number of ether oxygens (including phenoxy) is 1. The van der Waals surface area contributed by atoms with Gasteiger partial charge in [0.1, 0.15) is 5.69 Å². The molecule has 0 saturated carbocycles. The van der Waals surface area contributed by atoms with Gasteiger partial charge >= 0.3 is 11.6 Å². The van der Waals surface area contributed by atoms with Crippen molar-refractivity contribution in [1.29, 1.82) is 0 Å². The number of rotatable bonds is 3. The summed E-state index contributed by atoms with van der Waals surface area (Å²) in [5, 5.41) is 10.8. The summed E-state index contributed by atoms with van der Waals surface area (Å²) in [5.74, 6) is -1.31. The Morgan fingerprint density at radius 1 is 1.45 bits per heavy atom. The molecule has 0 aliphatic heterocycles. The molecule has 0 atom stereocenters. The maximum absolute atomic E-state index is 13.7. The predicted octanol–water partition coefficient (Wildman–Crippen LogP) is 4.04. The zero-order chi connectivity index (χ0) is 14.9. The van der Waals surface area contributed by atoms with E-state index in [-0.39, 0.29) is 16.7 Å². The Kier molecular flexibility index (Phi) is 4.15. The molecule has 0 fully saturated rings. The van der Waals surface area contributed by atoms with Crippen LogP contribution in [0.3, 0.4) is 0 Å². The van der Waals surface area contributed by atoms with E-state index in [1.165, 1.54) is 19.1 Å². The van der Waals surface area contributed by atoms with E-state index in [4.69, 9.17) is 16.3 Å². The normalized spacial score (nSPS) is 10.4. The molecule has 1 aromatic heterocycles. The van der Waals surface area contributed by atoms with Crippen molar-refractivity contribution in [1.82, 2.24) is 9.97 Å². The van der Waals surface area contributed by atoms with Crippen molar-refractivity contribution in [3.05, 3.63) is 49.6 Å². The second-order valence-electron chi connectivity index (χ2n) is 3.67. The van der Waals surface area contributed by atoms with Crippen LogP contribution < -0.4 is 4.74 Å². The van der Waals surface area contributed by atoms with Crippen molar-refractivity contribution in [2.45, 2.75) is 6.92 Å². The lowest BCUT2D eigenvalue weighted by atomic mass is 10.3. The topological polar surface area (TPSA) is 78.2 Å². The fraction of sp³-hybridized carbons (Fsp3) is 0.0909. The van der Waals surface area contributed by atoms with Gasteiger partial charge in [0.05, 0.1) is 4.92 Å². The molecule has 0 spiro atoms. The van der Waals surface area contributed by atoms with Crippen LogP contribution in [0.4, 0.5) is 10.1 Å². The lowest BCUT2D eigenvalue weighted by Crippen LogP contribution is -2.02. The van der Waals surface area contributed by atoms with E-state index in [2.05, 4.69) is 25.9 Å². The fourth-order valence-corrected chi connectivity index (χ4v) is 1.99. The summed E-state index contributed by atoms with van der Waals surface area (Å²) in [6, 6.07) is 4.01. The van der Waals surface area contributed by atoms with Crippen LogP contribution in [0.1, 0.15) is 5.69 Å². The molecule has 20 heavy (non-hydrogen) atoms. The second-order valence-corrected chi connectivity index (χ2v) is 4.92. The first-order valence-electron chi connectivity index (χ1n) is 5.20. The Bertz CT molecular complexity index is 699. The first-order chi connectivity index (χ1) is 9.38. The Morgan fingerprint density at radius 3 is 2.75 bits per heavy atom. The highest BCUT2D eigenvalue weighted by atomic mass is 79.9. The lowest BCUT2D eigenvalue weighted by Gasteiger charge is -2.07. The molecular formula is C11H6BrClFN3O3. The maximum atomic E-state index is 13.7. The van der Waals surface area contributed by atoms with E-state index in [1.807, 2.05) is 0 Å². The van der Waals surface area contributed by atoms with Crippen molar-refractivity contribution < 1.29 is 14.1 Å². The van der Waals surface area contributed by atoms with Gasteiger partial charge in [-0.25, -0.2) is 9.37 Å². The third-order valence-electron chi connectivity index (χ3n) is 2.28. The van der Waals surface area contributed by atoms with E-state index in [1.54, 1.807) is 0 Å². The molecule has 2 rings (SSSR count). The summed E-state index contributed by atoms with van der Waals surface area (Å²) < 4.78 is 19.3. The molecule has 2 aromatic rings. The van der Waals surface area contributed by atoms with Crippen molar-refractivity contribution >= 4 is 33.2 Å². The highest BCUT2D eigenvalue weighted by Crippen LogP contribution is 2.34. The van der Waals surface area contributed by atoms with Crippen LogP contribution in [0.5, 0.6) is 11.6 Å². The molecule has 9 heteroatoms. The quantitative estimate of drug-likeness (QED) is 0.468. The fourth-order valence-electron chi connectivity index (χ4n) is 1.45. The summed E-state index contributed by atoms with van der Waals surface area (Å²) in [5.41, 5.74) is -0.431. The monoisotopic (exact) mass is 361 g/mol. The summed E-state index contributed by atoms with van der Waals surface area (Å²) in [6.07, 6.45) is 0. The molecule has 0 N–H and O–H groups in total. The average molecular weight is 363 g/mol. The Hall–Kier alpha value is -1.80. The molecule has 0 aliphatic carbocycles. The van der Waals surface area contributed by atoms with Gasteiger partial charge in [-0.15, -0.1) is 0 Å². The van der Waals surface area contributed by atoms with Gasteiger partial charge in [-0.3, -0.25) is 10.1 Å². The molecular weight excluding hydrogens is 356 g/mol. The lowest BCUT2D eigenvalue weighted by molar-refractivity contribution is -0.386. The number of aromatic nitrogens is 2. The number of hydrogen-bond donors (Lipinski definition) is 0. The minimum absolute atomic E-state index is 0.0301. The summed E-state index contributed by atoms with van der Waals surface area (Å²) in [4.78, 5) is 17.6. The Morgan fingerprint density at radius 2 is 2.15 bits per heavy atom. The highest BCUT2D eigenvalue weighted by Gasteiger charge is 2.24. The smallest absolute Gasteiger partial charge is 0.352 e. The summed E-state index contributed by atoms with van der Waals surface area (Å²) >= 11 is 8.72. The molecule has 0 bridgehead atoms. The molecule has 0 unspecified atom stereocenters. The van der Waals surface area contributed by atoms with Crippen LogP contribution in [0.2, 0.25) is 5.28 Å². The van der Waals surface area contributed by atoms with Crippen LogP contribution in [-0.4, -0.2) is 14.9 Å². The number of halogens is 3. The van der Waals surface area contributed by atoms with Crippen molar-refractivity contribution in [3.8, 4) is 11.6 Å². The molecule has 1 aromatic carbocycles. The van der Waals surface area contributed by atoms with Crippen molar-refractivity contribution in [2.24, 2.45) is 0 Å². The standard InChI is InChI=1S/C11H6BrClFN3O3/c1-5-9(17(18)19)10(16-11(13)15-5)20-8-3-2-6(12)4-7(8)14/h2-4H,1H3. The van der Waals surface area contributed by atoms with Gasteiger partial charge in [0.25, 0.3) is 0 Å². The van der Waals surface area contributed by atoms with Crippen molar-refractivity contribution in [2.75, 3.05) is 0 Å². The molecule has 0 saturated heterocycles. The van der Waals surface area contributed by atoms with Gasteiger partial charge in [0, 0.05) is 4.47 Å². The molecule has 0 aliphatic rings. The Labute approximate surface area is 125 Å². The van der Waals surface area contributed by atoms with Crippen LogP contribution >= 0.6 is 27.5 Å². The average Bonchev–Trinajstić information content (AvgIpc) is 2.31. The molecule has 0 radical (unpaired) electrons. The number of hydrogen-bond acceptors (Lipinski definition) is 5. The van der Waals surface area contributed by atoms with E-state index < -0.39 is 22.3 Å². The number of nitrogens with zero attached hydrogens (tertiary/aromatic N) is 3. The number of aryl methyl sites for hydroxylation is 1. The first kappa shape index (κ1) is 14.6. The molecule has 104 valence electrons. The third kappa shape index (κ3) is 3.02. The minimum Gasteiger partial charge on any atom is -0.430 e. The van der Waals surface area contributed by atoms with Crippen LogP contribution in [0, 0.1) is 22.9 Å². The van der Waals surface area contributed by atoms with Gasteiger partial charge in [-0.1, -0.05) is 15.9 Å². The zero-order valence-electron chi connectivity index (χ0n) is 9.93. The highest BCUT2D eigenvalue weighted by molar-refractivity contribution is 9.10. The van der Waals surface area contributed by atoms with E-state index >= 15 is 0 Å². The van der Waals surface area contributed by atoms with E-state index in [0.717, 1.165) is 6.07 Å². The first-order valence-corrected chi connectivity index (χ1v) is 6.37. The van der Waals surface area contributed by atoms with Crippen LogP contribution in [0.15, 0.2) is 22.7 Å². The molecule has 0 amide bonds.